The lowest BCUT2D eigenvalue weighted by atomic mass is 10.0. The Kier molecular flexibility index (Phi) is 7.91. The molecule has 2 aromatic rings. The molecule has 6 nitrogen and oxygen atoms in total. The molecule has 2 aromatic carbocycles. The van der Waals surface area contributed by atoms with Crippen molar-refractivity contribution < 1.29 is 19.1 Å². The van der Waals surface area contributed by atoms with Crippen LogP contribution in [0.1, 0.15) is 29.8 Å². The van der Waals surface area contributed by atoms with Gasteiger partial charge in [0.1, 0.15) is 17.5 Å². The zero-order chi connectivity index (χ0) is 21.6. The highest BCUT2D eigenvalue weighted by Crippen LogP contribution is 2.24. The van der Waals surface area contributed by atoms with Crippen LogP contribution in [0.25, 0.3) is 0 Å². The lowest BCUT2D eigenvalue weighted by molar-refractivity contribution is -0.133. The molecule has 0 saturated carbocycles. The van der Waals surface area contributed by atoms with Gasteiger partial charge in [-0.25, -0.2) is 0 Å². The van der Waals surface area contributed by atoms with Crippen molar-refractivity contribution in [2.45, 2.75) is 26.4 Å². The lowest BCUT2D eigenvalue weighted by Gasteiger charge is -2.28. The lowest BCUT2D eigenvalue weighted by Crippen LogP contribution is -2.50. The van der Waals surface area contributed by atoms with Crippen molar-refractivity contribution in [3.8, 4) is 11.5 Å². The van der Waals surface area contributed by atoms with Crippen molar-refractivity contribution in [2.75, 3.05) is 21.3 Å². The summed E-state index contributed by atoms with van der Waals surface area (Å²) in [5, 5.41) is 3.41. The molecule has 0 aliphatic heterocycles. The second kappa shape index (κ2) is 10.2. The maximum Gasteiger partial charge on any atom is 0.255 e. The Morgan fingerprint density at radius 3 is 2.34 bits per heavy atom. The minimum Gasteiger partial charge on any atom is -0.496 e. The molecular formula is C22H27ClN2O4. The molecule has 0 spiro atoms. The van der Waals surface area contributed by atoms with E-state index in [1.807, 2.05) is 13.8 Å². The van der Waals surface area contributed by atoms with Crippen LogP contribution in [0, 0.1) is 5.92 Å². The van der Waals surface area contributed by atoms with Gasteiger partial charge in [-0.15, -0.1) is 0 Å². The SMILES string of the molecule is COc1ccc(Cl)cc1CN(C)C(=O)C(NC(=O)c1ccccc1OC)C(C)C. The van der Waals surface area contributed by atoms with Crippen LogP contribution in [-0.2, 0) is 11.3 Å². The highest BCUT2D eigenvalue weighted by Gasteiger charge is 2.28. The van der Waals surface area contributed by atoms with Gasteiger partial charge in [0.2, 0.25) is 5.91 Å². The van der Waals surface area contributed by atoms with E-state index in [-0.39, 0.29) is 17.7 Å². The van der Waals surface area contributed by atoms with Gasteiger partial charge in [0, 0.05) is 24.2 Å². The number of para-hydroxylation sites is 1. The Labute approximate surface area is 176 Å². The number of benzene rings is 2. The molecule has 0 radical (unpaired) electrons. The van der Waals surface area contributed by atoms with E-state index in [9.17, 15) is 9.59 Å². The molecule has 0 aliphatic carbocycles. The first-order valence-electron chi connectivity index (χ1n) is 9.29. The van der Waals surface area contributed by atoms with Crippen LogP contribution in [0.4, 0.5) is 0 Å². The topological polar surface area (TPSA) is 67.9 Å². The molecule has 1 N–H and O–H groups in total. The summed E-state index contributed by atoms with van der Waals surface area (Å²) in [6.07, 6.45) is 0. The van der Waals surface area contributed by atoms with E-state index in [1.54, 1.807) is 61.5 Å². The smallest absolute Gasteiger partial charge is 0.255 e. The molecule has 0 bridgehead atoms. The Balaban J connectivity index is 2.18. The molecule has 1 unspecified atom stereocenters. The summed E-state index contributed by atoms with van der Waals surface area (Å²) in [5.74, 6) is 0.434. The minimum atomic E-state index is -0.692. The number of carbonyl (C=O) groups excluding carboxylic acids is 2. The third-order valence-electron chi connectivity index (χ3n) is 4.60. The normalized spacial score (nSPS) is 11.7. The summed E-state index contributed by atoms with van der Waals surface area (Å²) in [7, 11) is 4.76. The quantitative estimate of drug-likeness (QED) is 0.708. The Hall–Kier alpha value is -2.73. The molecule has 0 fully saturated rings. The predicted molar refractivity (Wildman–Crippen MR) is 114 cm³/mol. The first kappa shape index (κ1) is 22.6. The molecule has 1 atom stereocenters. The number of likely N-dealkylation sites (N-methyl/N-ethyl adjacent to an activating group) is 1. The van der Waals surface area contributed by atoms with Crippen LogP contribution >= 0.6 is 11.6 Å². The Bertz CT molecular complexity index is 870. The van der Waals surface area contributed by atoms with Crippen LogP contribution in [0.5, 0.6) is 11.5 Å². The average molecular weight is 419 g/mol. The fourth-order valence-electron chi connectivity index (χ4n) is 3.01. The number of rotatable bonds is 8. The molecule has 2 amide bonds. The molecular weight excluding hydrogens is 392 g/mol. The van der Waals surface area contributed by atoms with Gasteiger partial charge in [-0.05, 0) is 36.2 Å². The molecule has 29 heavy (non-hydrogen) atoms. The maximum atomic E-state index is 13.1. The van der Waals surface area contributed by atoms with Crippen molar-refractivity contribution in [3.05, 3.63) is 58.6 Å². The molecule has 0 aromatic heterocycles. The summed E-state index contributed by atoms with van der Waals surface area (Å²) >= 11 is 6.09. The first-order chi connectivity index (χ1) is 13.8. The predicted octanol–water partition coefficient (Wildman–Crippen LogP) is 3.77. The first-order valence-corrected chi connectivity index (χ1v) is 9.67. The van der Waals surface area contributed by atoms with Crippen LogP contribution in [0.15, 0.2) is 42.5 Å². The number of hydrogen-bond acceptors (Lipinski definition) is 4. The Morgan fingerprint density at radius 1 is 1.07 bits per heavy atom. The largest absolute Gasteiger partial charge is 0.496 e. The number of hydrogen-bond donors (Lipinski definition) is 1. The van der Waals surface area contributed by atoms with Gasteiger partial charge in [0.05, 0.1) is 19.8 Å². The highest BCUT2D eigenvalue weighted by molar-refractivity contribution is 6.30. The van der Waals surface area contributed by atoms with E-state index in [0.29, 0.717) is 28.6 Å². The van der Waals surface area contributed by atoms with E-state index in [1.165, 1.54) is 7.11 Å². The Morgan fingerprint density at radius 2 is 1.72 bits per heavy atom. The fourth-order valence-corrected chi connectivity index (χ4v) is 3.20. The zero-order valence-corrected chi connectivity index (χ0v) is 18.1. The second-order valence-electron chi connectivity index (χ2n) is 7.05. The second-order valence-corrected chi connectivity index (χ2v) is 7.48. The number of nitrogens with zero attached hydrogens (tertiary/aromatic N) is 1. The van der Waals surface area contributed by atoms with Gasteiger partial charge in [-0.1, -0.05) is 37.6 Å². The van der Waals surface area contributed by atoms with Crippen molar-refractivity contribution in [3.63, 3.8) is 0 Å². The van der Waals surface area contributed by atoms with E-state index in [0.717, 1.165) is 5.56 Å². The molecule has 0 aliphatic rings. The molecule has 2 rings (SSSR count). The summed E-state index contributed by atoms with van der Waals surface area (Å²) in [4.78, 5) is 27.4. The van der Waals surface area contributed by atoms with Gasteiger partial charge in [0.25, 0.3) is 5.91 Å². The number of halogens is 1. The fraction of sp³-hybridized carbons (Fsp3) is 0.364. The molecule has 7 heteroatoms. The number of amides is 2. The third-order valence-corrected chi connectivity index (χ3v) is 4.83. The number of nitrogens with one attached hydrogen (secondary N) is 1. The van der Waals surface area contributed by atoms with E-state index < -0.39 is 6.04 Å². The van der Waals surface area contributed by atoms with Gasteiger partial charge in [-0.3, -0.25) is 9.59 Å². The highest BCUT2D eigenvalue weighted by atomic mass is 35.5. The monoisotopic (exact) mass is 418 g/mol. The van der Waals surface area contributed by atoms with Crippen molar-refractivity contribution >= 4 is 23.4 Å². The van der Waals surface area contributed by atoms with Crippen LogP contribution in [-0.4, -0.2) is 44.0 Å². The third kappa shape index (κ3) is 5.64. The van der Waals surface area contributed by atoms with Gasteiger partial charge in [-0.2, -0.15) is 0 Å². The minimum absolute atomic E-state index is 0.107. The average Bonchev–Trinajstić information content (AvgIpc) is 2.71. The summed E-state index contributed by atoms with van der Waals surface area (Å²) in [6, 6.07) is 11.5. The maximum absolute atomic E-state index is 13.1. The summed E-state index contributed by atoms with van der Waals surface area (Å²) < 4.78 is 10.6. The van der Waals surface area contributed by atoms with E-state index >= 15 is 0 Å². The van der Waals surface area contributed by atoms with E-state index in [4.69, 9.17) is 21.1 Å². The van der Waals surface area contributed by atoms with Gasteiger partial charge < -0.3 is 19.7 Å². The molecule has 0 saturated heterocycles. The van der Waals surface area contributed by atoms with Crippen molar-refractivity contribution in [2.24, 2.45) is 5.92 Å². The van der Waals surface area contributed by atoms with Crippen LogP contribution in [0.3, 0.4) is 0 Å². The molecule has 0 heterocycles. The number of carbonyl (C=O) groups is 2. The van der Waals surface area contributed by atoms with Crippen LogP contribution in [0.2, 0.25) is 5.02 Å². The van der Waals surface area contributed by atoms with Gasteiger partial charge >= 0.3 is 0 Å². The van der Waals surface area contributed by atoms with Crippen LogP contribution < -0.4 is 14.8 Å². The van der Waals surface area contributed by atoms with Gasteiger partial charge in [0.15, 0.2) is 0 Å². The standard InChI is InChI=1S/C22H27ClN2O4/c1-14(2)20(24-21(26)17-8-6-7-9-19(17)29-5)22(27)25(3)13-15-12-16(23)10-11-18(15)28-4/h6-12,14,20H,13H2,1-5H3,(H,24,26). The van der Waals surface area contributed by atoms with E-state index in [2.05, 4.69) is 5.32 Å². The molecule has 156 valence electrons. The number of ether oxygens (including phenoxy) is 2. The zero-order valence-electron chi connectivity index (χ0n) is 17.4. The number of methoxy groups -OCH3 is 2. The van der Waals surface area contributed by atoms with Crippen molar-refractivity contribution in [1.82, 2.24) is 10.2 Å². The summed E-state index contributed by atoms with van der Waals surface area (Å²) in [5.41, 5.74) is 1.17. The summed E-state index contributed by atoms with van der Waals surface area (Å²) in [6.45, 7) is 4.08. The van der Waals surface area contributed by atoms with Crippen molar-refractivity contribution in [1.29, 1.82) is 0 Å².